The zero-order valence-electron chi connectivity index (χ0n) is 7.91. The normalized spacial score (nSPS) is 11.8. The number of hydrogen-bond acceptors (Lipinski definition) is 3. The van der Waals surface area contributed by atoms with Gasteiger partial charge in [-0.15, -0.1) is 0 Å². The van der Waals surface area contributed by atoms with Crippen LogP contribution < -0.4 is 0 Å². The van der Waals surface area contributed by atoms with Crippen LogP contribution in [0.4, 0.5) is 13.2 Å². The molecule has 0 amide bonds. The van der Waals surface area contributed by atoms with E-state index in [0.717, 1.165) is 11.0 Å². The van der Waals surface area contributed by atoms with Gasteiger partial charge in [0.15, 0.2) is 16.7 Å². The zero-order chi connectivity index (χ0) is 12.6. The molecule has 0 aromatic carbocycles. The summed E-state index contributed by atoms with van der Waals surface area (Å²) in [6.45, 7) is 0. The summed E-state index contributed by atoms with van der Waals surface area (Å²) < 4.78 is 38.3. The Morgan fingerprint density at radius 3 is 2.41 bits per heavy atom. The van der Waals surface area contributed by atoms with Gasteiger partial charge in [0.2, 0.25) is 0 Å². The van der Waals surface area contributed by atoms with Crippen molar-refractivity contribution in [3.8, 4) is 5.82 Å². The third-order valence-electron chi connectivity index (χ3n) is 1.83. The lowest BCUT2D eigenvalue weighted by atomic mass is 10.4. The summed E-state index contributed by atoms with van der Waals surface area (Å²) in [5, 5.41) is 2.28. The minimum Gasteiger partial charge on any atom is -0.245 e. The van der Waals surface area contributed by atoms with E-state index in [9.17, 15) is 13.2 Å². The molecule has 2 rings (SSSR count). The van der Waals surface area contributed by atoms with Crippen molar-refractivity contribution in [2.45, 2.75) is 6.18 Å². The van der Waals surface area contributed by atoms with Gasteiger partial charge in [-0.25, -0.2) is 14.6 Å². The first-order valence-electron chi connectivity index (χ1n) is 4.19. The number of halogens is 5. The van der Waals surface area contributed by atoms with Gasteiger partial charge in [0.25, 0.3) is 0 Å². The first-order chi connectivity index (χ1) is 7.91. The van der Waals surface area contributed by atoms with Crippen molar-refractivity contribution in [1.29, 1.82) is 0 Å². The summed E-state index contributed by atoms with van der Waals surface area (Å²) in [5.74, 6) is 0.0994. The Morgan fingerprint density at radius 2 is 1.94 bits per heavy atom. The predicted octanol–water partition coefficient (Wildman–Crippen LogP) is 2.99. The number of hydrogen-bond donors (Lipinski definition) is 0. The van der Waals surface area contributed by atoms with Crippen LogP contribution in [0.15, 0.2) is 18.6 Å². The average Bonchev–Trinajstić information content (AvgIpc) is 2.57. The predicted molar refractivity (Wildman–Crippen MR) is 54.2 cm³/mol. The summed E-state index contributed by atoms with van der Waals surface area (Å²) in [6.07, 6.45) is -2.16. The van der Waals surface area contributed by atoms with Crippen LogP contribution in [-0.4, -0.2) is 19.7 Å². The van der Waals surface area contributed by atoms with Crippen LogP contribution in [-0.2, 0) is 6.18 Å². The maximum Gasteiger partial charge on any atom is 0.436 e. The van der Waals surface area contributed by atoms with Crippen LogP contribution in [0, 0.1) is 0 Å². The Balaban J connectivity index is 2.59. The molecular formula is C8H3Cl2F3N4. The van der Waals surface area contributed by atoms with Crippen LogP contribution >= 0.6 is 23.2 Å². The Morgan fingerprint density at radius 1 is 1.24 bits per heavy atom. The van der Waals surface area contributed by atoms with Crippen molar-refractivity contribution >= 4 is 23.2 Å². The molecule has 0 N–H and O–H groups in total. The average molecular weight is 283 g/mol. The molecule has 2 aromatic rings. The fourth-order valence-corrected chi connectivity index (χ4v) is 1.56. The van der Waals surface area contributed by atoms with Gasteiger partial charge in [-0.3, -0.25) is 0 Å². The van der Waals surface area contributed by atoms with E-state index in [1.807, 2.05) is 0 Å². The van der Waals surface area contributed by atoms with Gasteiger partial charge < -0.3 is 0 Å². The molecule has 0 unspecified atom stereocenters. The third kappa shape index (κ3) is 2.20. The molecule has 4 nitrogen and oxygen atoms in total. The van der Waals surface area contributed by atoms with Crippen LogP contribution in [0.25, 0.3) is 5.82 Å². The highest BCUT2D eigenvalue weighted by Crippen LogP contribution is 2.38. The topological polar surface area (TPSA) is 43.6 Å². The molecule has 9 heteroatoms. The summed E-state index contributed by atoms with van der Waals surface area (Å²) in [6, 6.07) is 1.36. The van der Waals surface area contributed by atoms with Crippen LogP contribution in [0.2, 0.25) is 10.2 Å². The second kappa shape index (κ2) is 4.15. The molecule has 0 aliphatic carbocycles. The number of aromatic nitrogens is 4. The first-order valence-corrected chi connectivity index (χ1v) is 4.94. The maximum absolute atomic E-state index is 12.5. The molecule has 0 aliphatic rings. The fraction of sp³-hybridized carbons (Fsp3) is 0.125. The van der Waals surface area contributed by atoms with Crippen molar-refractivity contribution in [2.24, 2.45) is 0 Å². The Hall–Kier alpha value is -1.34. The SMILES string of the molecule is FC(F)(F)c1nn(-c2ccncn2)c(Cl)c1Cl. The fourth-order valence-electron chi connectivity index (χ4n) is 1.12. The molecule has 90 valence electrons. The molecule has 2 heterocycles. The minimum atomic E-state index is -4.67. The summed E-state index contributed by atoms with van der Waals surface area (Å²) >= 11 is 11.1. The smallest absolute Gasteiger partial charge is 0.245 e. The summed E-state index contributed by atoms with van der Waals surface area (Å²) in [5.41, 5.74) is -1.25. The van der Waals surface area contributed by atoms with Gasteiger partial charge in [-0.05, 0) is 0 Å². The molecule has 0 aliphatic heterocycles. The van der Waals surface area contributed by atoms with Crippen molar-refractivity contribution < 1.29 is 13.2 Å². The minimum absolute atomic E-state index is 0.0994. The van der Waals surface area contributed by atoms with Crippen molar-refractivity contribution in [2.75, 3.05) is 0 Å². The van der Waals surface area contributed by atoms with E-state index in [2.05, 4.69) is 15.1 Å². The maximum atomic E-state index is 12.5. The van der Waals surface area contributed by atoms with Crippen molar-refractivity contribution in [1.82, 2.24) is 19.7 Å². The first kappa shape index (κ1) is 12.1. The Kier molecular flexibility index (Phi) is 2.96. The molecular weight excluding hydrogens is 280 g/mol. The monoisotopic (exact) mass is 282 g/mol. The summed E-state index contributed by atoms with van der Waals surface area (Å²) in [7, 11) is 0. The van der Waals surface area contributed by atoms with E-state index in [1.165, 1.54) is 12.3 Å². The van der Waals surface area contributed by atoms with Gasteiger partial charge in [0.05, 0.1) is 0 Å². The van der Waals surface area contributed by atoms with Crippen LogP contribution in [0.3, 0.4) is 0 Å². The number of rotatable bonds is 1. The molecule has 0 saturated heterocycles. The largest absolute Gasteiger partial charge is 0.436 e. The second-order valence-corrected chi connectivity index (χ2v) is 3.67. The molecule has 0 spiro atoms. The molecule has 0 radical (unpaired) electrons. The molecule has 0 atom stereocenters. The molecule has 0 saturated carbocycles. The lowest BCUT2D eigenvalue weighted by Crippen LogP contribution is -2.08. The highest BCUT2D eigenvalue weighted by atomic mass is 35.5. The van der Waals surface area contributed by atoms with E-state index in [4.69, 9.17) is 23.2 Å². The van der Waals surface area contributed by atoms with Crippen LogP contribution in [0.5, 0.6) is 0 Å². The van der Waals surface area contributed by atoms with Crippen molar-refractivity contribution in [3.05, 3.63) is 34.5 Å². The highest BCUT2D eigenvalue weighted by molar-refractivity contribution is 6.42. The zero-order valence-corrected chi connectivity index (χ0v) is 9.42. The van der Waals surface area contributed by atoms with E-state index >= 15 is 0 Å². The van der Waals surface area contributed by atoms with E-state index in [-0.39, 0.29) is 11.0 Å². The highest BCUT2D eigenvalue weighted by Gasteiger charge is 2.39. The van der Waals surface area contributed by atoms with Crippen LogP contribution in [0.1, 0.15) is 5.69 Å². The van der Waals surface area contributed by atoms with Gasteiger partial charge in [-0.1, -0.05) is 23.2 Å². The van der Waals surface area contributed by atoms with E-state index < -0.39 is 16.9 Å². The van der Waals surface area contributed by atoms with Crippen molar-refractivity contribution in [3.63, 3.8) is 0 Å². The van der Waals surface area contributed by atoms with Gasteiger partial charge in [0.1, 0.15) is 11.3 Å². The van der Waals surface area contributed by atoms with Gasteiger partial charge in [0, 0.05) is 12.3 Å². The number of alkyl halides is 3. The quantitative estimate of drug-likeness (QED) is 0.808. The third-order valence-corrected chi connectivity index (χ3v) is 2.63. The van der Waals surface area contributed by atoms with E-state index in [1.54, 1.807) is 0 Å². The molecule has 17 heavy (non-hydrogen) atoms. The molecule has 0 bridgehead atoms. The second-order valence-electron chi connectivity index (χ2n) is 2.93. The molecule has 0 fully saturated rings. The Labute approximate surface area is 103 Å². The summed E-state index contributed by atoms with van der Waals surface area (Å²) in [4.78, 5) is 7.35. The molecule has 2 aromatic heterocycles. The standard InChI is InChI=1S/C8H3Cl2F3N4/c9-5-6(8(11,12)13)16-17(7(5)10)4-1-2-14-3-15-4/h1-3H. The Bertz CT molecular complexity index is 538. The van der Waals surface area contributed by atoms with E-state index in [0.29, 0.717) is 0 Å². The lowest BCUT2D eigenvalue weighted by molar-refractivity contribution is -0.141. The number of nitrogens with zero attached hydrogens (tertiary/aromatic N) is 4. The van der Waals surface area contributed by atoms with Gasteiger partial charge >= 0.3 is 6.18 Å². The van der Waals surface area contributed by atoms with Gasteiger partial charge in [-0.2, -0.15) is 18.3 Å². The lowest BCUT2D eigenvalue weighted by Gasteiger charge is -2.01.